The van der Waals surface area contributed by atoms with Crippen molar-refractivity contribution < 1.29 is 9.90 Å². The summed E-state index contributed by atoms with van der Waals surface area (Å²) in [5.74, 6) is -1.09. The predicted octanol–water partition coefficient (Wildman–Crippen LogP) is 3.34. The van der Waals surface area contributed by atoms with Gasteiger partial charge in [-0.2, -0.15) is 5.26 Å². The van der Waals surface area contributed by atoms with Gasteiger partial charge in [-0.15, -0.1) is 0 Å². The number of aromatic carboxylic acids is 1. The van der Waals surface area contributed by atoms with E-state index in [1.165, 1.54) is 12.1 Å². The van der Waals surface area contributed by atoms with E-state index in [0.717, 1.165) is 4.47 Å². The van der Waals surface area contributed by atoms with E-state index >= 15 is 0 Å². The second kappa shape index (κ2) is 5.63. The van der Waals surface area contributed by atoms with Crippen LogP contribution in [0.15, 0.2) is 40.9 Å². The molecule has 0 heterocycles. The summed E-state index contributed by atoms with van der Waals surface area (Å²) in [5.41, 5.74) is 7.40. The standard InChI is InChI=1S/C14H10BrN3O2/c15-9-1-4-13(8(5-9)7-16)18-10-2-3-12(17)11(6-10)14(19)20/h1-6,18H,17H2,(H,19,20). The highest BCUT2D eigenvalue weighted by molar-refractivity contribution is 9.10. The van der Waals surface area contributed by atoms with Gasteiger partial charge in [0.05, 0.1) is 16.8 Å². The number of anilines is 3. The van der Waals surface area contributed by atoms with Crippen LogP contribution in [0.2, 0.25) is 0 Å². The molecular weight excluding hydrogens is 322 g/mol. The van der Waals surface area contributed by atoms with E-state index in [2.05, 4.69) is 27.3 Å². The lowest BCUT2D eigenvalue weighted by atomic mass is 10.1. The highest BCUT2D eigenvalue weighted by atomic mass is 79.9. The zero-order valence-corrected chi connectivity index (χ0v) is 11.8. The molecule has 0 aliphatic rings. The molecule has 20 heavy (non-hydrogen) atoms. The number of hydrogen-bond donors (Lipinski definition) is 3. The molecule has 0 saturated heterocycles. The zero-order valence-electron chi connectivity index (χ0n) is 10.2. The number of benzene rings is 2. The van der Waals surface area contributed by atoms with Crippen molar-refractivity contribution in [1.82, 2.24) is 0 Å². The Labute approximate surface area is 123 Å². The first-order chi connectivity index (χ1) is 9.51. The van der Waals surface area contributed by atoms with E-state index in [4.69, 9.17) is 16.1 Å². The molecular formula is C14H10BrN3O2. The minimum Gasteiger partial charge on any atom is -0.478 e. The molecule has 5 nitrogen and oxygen atoms in total. The smallest absolute Gasteiger partial charge is 0.337 e. The Hall–Kier alpha value is -2.52. The van der Waals surface area contributed by atoms with Gasteiger partial charge in [-0.1, -0.05) is 15.9 Å². The fraction of sp³-hybridized carbons (Fsp3) is 0. The molecule has 0 aliphatic carbocycles. The average molecular weight is 332 g/mol. The summed E-state index contributed by atoms with van der Waals surface area (Å²) in [6.07, 6.45) is 0. The second-order valence-corrected chi connectivity index (χ2v) is 4.95. The Bertz CT molecular complexity index is 723. The molecule has 0 aromatic heterocycles. The number of nitrogens with one attached hydrogen (secondary N) is 1. The molecule has 0 radical (unpaired) electrons. The van der Waals surface area contributed by atoms with Crippen molar-refractivity contribution in [2.45, 2.75) is 0 Å². The van der Waals surface area contributed by atoms with Crippen molar-refractivity contribution in [3.8, 4) is 6.07 Å². The molecule has 0 aliphatic heterocycles. The van der Waals surface area contributed by atoms with Gasteiger partial charge in [0.25, 0.3) is 0 Å². The highest BCUT2D eigenvalue weighted by Crippen LogP contribution is 2.26. The third kappa shape index (κ3) is 2.90. The maximum absolute atomic E-state index is 11.0. The molecule has 0 atom stereocenters. The van der Waals surface area contributed by atoms with Crippen LogP contribution in [-0.2, 0) is 0 Å². The van der Waals surface area contributed by atoms with E-state index in [1.54, 1.807) is 24.3 Å². The van der Waals surface area contributed by atoms with Gasteiger partial charge in [0, 0.05) is 15.8 Å². The fourth-order valence-electron chi connectivity index (χ4n) is 1.69. The van der Waals surface area contributed by atoms with Gasteiger partial charge in [-0.25, -0.2) is 4.79 Å². The van der Waals surface area contributed by atoms with Gasteiger partial charge in [-0.05, 0) is 36.4 Å². The van der Waals surface area contributed by atoms with E-state index in [9.17, 15) is 4.79 Å². The van der Waals surface area contributed by atoms with Crippen LogP contribution in [0, 0.1) is 11.3 Å². The highest BCUT2D eigenvalue weighted by Gasteiger charge is 2.10. The topological polar surface area (TPSA) is 99.1 Å². The summed E-state index contributed by atoms with van der Waals surface area (Å²) in [6, 6.07) is 11.9. The number of carboxylic acid groups (broad SMARTS) is 1. The largest absolute Gasteiger partial charge is 0.478 e. The van der Waals surface area contributed by atoms with Crippen LogP contribution in [-0.4, -0.2) is 11.1 Å². The minimum absolute atomic E-state index is 0.0191. The summed E-state index contributed by atoms with van der Waals surface area (Å²) in [4.78, 5) is 11.0. The van der Waals surface area contributed by atoms with Crippen LogP contribution in [0.25, 0.3) is 0 Å². The van der Waals surface area contributed by atoms with Gasteiger partial charge in [0.15, 0.2) is 0 Å². The average Bonchev–Trinajstić information content (AvgIpc) is 2.42. The monoisotopic (exact) mass is 331 g/mol. The lowest BCUT2D eigenvalue weighted by Crippen LogP contribution is -2.03. The normalized spacial score (nSPS) is 9.80. The molecule has 0 saturated carbocycles. The SMILES string of the molecule is N#Cc1cc(Br)ccc1Nc1ccc(N)c(C(=O)O)c1. The fourth-order valence-corrected chi connectivity index (χ4v) is 2.05. The quantitative estimate of drug-likeness (QED) is 0.749. The number of nitrogen functional groups attached to an aromatic ring is 1. The van der Waals surface area contributed by atoms with Crippen LogP contribution in [0.3, 0.4) is 0 Å². The maximum Gasteiger partial charge on any atom is 0.337 e. The van der Waals surface area contributed by atoms with Crippen molar-refractivity contribution in [3.63, 3.8) is 0 Å². The summed E-state index contributed by atoms with van der Waals surface area (Å²) < 4.78 is 0.795. The Kier molecular flexibility index (Phi) is 3.91. The summed E-state index contributed by atoms with van der Waals surface area (Å²) in [5, 5.41) is 21.1. The van der Waals surface area contributed by atoms with Crippen molar-refractivity contribution >= 4 is 39.0 Å². The number of carbonyl (C=O) groups is 1. The molecule has 100 valence electrons. The van der Waals surface area contributed by atoms with E-state index < -0.39 is 5.97 Å². The van der Waals surface area contributed by atoms with Crippen LogP contribution < -0.4 is 11.1 Å². The van der Waals surface area contributed by atoms with Gasteiger partial charge < -0.3 is 16.2 Å². The molecule has 2 aromatic carbocycles. The molecule has 2 rings (SSSR count). The van der Waals surface area contributed by atoms with Crippen LogP contribution in [0.4, 0.5) is 17.1 Å². The number of rotatable bonds is 3. The Morgan fingerprint density at radius 2 is 2.05 bits per heavy atom. The third-order valence-corrected chi connectivity index (χ3v) is 3.16. The van der Waals surface area contributed by atoms with E-state index in [1.807, 2.05) is 0 Å². The number of hydrogen-bond acceptors (Lipinski definition) is 4. The molecule has 0 bridgehead atoms. The zero-order chi connectivity index (χ0) is 14.7. The second-order valence-electron chi connectivity index (χ2n) is 4.03. The lowest BCUT2D eigenvalue weighted by Gasteiger charge is -2.10. The molecule has 0 fully saturated rings. The number of nitrogens with two attached hydrogens (primary N) is 1. The van der Waals surface area contributed by atoms with Gasteiger partial charge in [0.1, 0.15) is 6.07 Å². The Balaban J connectivity index is 2.38. The van der Waals surface area contributed by atoms with Crippen molar-refractivity contribution in [1.29, 1.82) is 5.26 Å². The molecule has 2 aromatic rings. The number of nitrogens with zero attached hydrogens (tertiary/aromatic N) is 1. The van der Waals surface area contributed by atoms with Crippen molar-refractivity contribution in [2.75, 3.05) is 11.1 Å². The van der Waals surface area contributed by atoms with Gasteiger partial charge >= 0.3 is 5.97 Å². The van der Waals surface area contributed by atoms with Crippen molar-refractivity contribution in [2.24, 2.45) is 0 Å². The number of nitriles is 1. The van der Waals surface area contributed by atoms with Crippen LogP contribution >= 0.6 is 15.9 Å². The molecule has 6 heteroatoms. The Morgan fingerprint density at radius 1 is 1.30 bits per heavy atom. The summed E-state index contributed by atoms with van der Waals surface area (Å²) in [7, 11) is 0. The van der Waals surface area contributed by atoms with Crippen LogP contribution in [0.1, 0.15) is 15.9 Å². The molecule has 0 amide bonds. The number of carboxylic acids is 1. The minimum atomic E-state index is -1.09. The van der Waals surface area contributed by atoms with Gasteiger partial charge in [0.2, 0.25) is 0 Å². The first-order valence-electron chi connectivity index (χ1n) is 5.61. The van der Waals surface area contributed by atoms with Gasteiger partial charge in [-0.3, -0.25) is 0 Å². The van der Waals surface area contributed by atoms with Crippen LogP contribution in [0.5, 0.6) is 0 Å². The molecule has 0 unspecified atom stereocenters. The number of halogens is 1. The van der Waals surface area contributed by atoms with Crippen molar-refractivity contribution in [3.05, 3.63) is 52.0 Å². The van der Waals surface area contributed by atoms with E-state index in [-0.39, 0.29) is 11.3 Å². The molecule has 4 N–H and O–H groups in total. The third-order valence-electron chi connectivity index (χ3n) is 2.66. The molecule has 0 spiro atoms. The predicted molar refractivity (Wildman–Crippen MR) is 80.0 cm³/mol. The first-order valence-corrected chi connectivity index (χ1v) is 6.40. The van der Waals surface area contributed by atoms with E-state index in [0.29, 0.717) is 16.9 Å². The first kappa shape index (κ1) is 13.9. The lowest BCUT2D eigenvalue weighted by molar-refractivity contribution is 0.0698. The summed E-state index contributed by atoms with van der Waals surface area (Å²) in [6.45, 7) is 0. The maximum atomic E-state index is 11.0. The Morgan fingerprint density at radius 3 is 2.70 bits per heavy atom. The summed E-state index contributed by atoms with van der Waals surface area (Å²) >= 11 is 3.29.